The summed E-state index contributed by atoms with van der Waals surface area (Å²) >= 11 is 0. The number of methoxy groups -OCH3 is 1. The van der Waals surface area contributed by atoms with Gasteiger partial charge in [0.2, 0.25) is 0 Å². The molecule has 0 amide bonds. The van der Waals surface area contributed by atoms with Crippen molar-refractivity contribution in [1.82, 2.24) is 0 Å². The van der Waals surface area contributed by atoms with E-state index in [9.17, 15) is 9.90 Å². The van der Waals surface area contributed by atoms with Crippen molar-refractivity contribution in [2.75, 3.05) is 7.11 Å². The molecule has 24 heavy (non-hydrogen) atoms. The first-order valence-electron chi connectivity index (χ1n) is 9.43. The van der Waals surface area contributed by atoms with Gasteiger partial charge in [-0.3, -0.25) is 4.79 Å². The molecule has 0 aliphatic heterocycles. The maximum Gasteiger partial charge on any atom is 0.309 e. The van der Waals surface area contributed by atoms with E-state index in [1.165, 1.54) is 11.1 Å². The molecule has 2 bridgehead atoms. The Kier molecular flexibility index (Phi) is 3.39. The summed E-state index contributed by atoms with van der Waals surface area (Å²) in [5, 5.41) is 9.96. The molecule has 4 rings (SSSR count). The molecule has 0 aromatic rings. The van der Waals surface area contributed by atoms with Crippen molar-refractivity contribution >= 4 is 5.97 Å². The van der Waals surface area contributed by atoms with Crippen LogP contribution in [0.15, 0.2) is 23.8 Å². The molecule has 132 valence electrons. The summed E-state index contributed by atoms with van der Waals surface area (Å²) in [6, 6.07) is 0. The molecule has 4 aliphatic carbocycles. The van der Waals surface area contributed by atoms with Gasteiger partial charge in [0.15, 0.2) is 0 Å². The SMILES string of the molecule is C=C1C[C@@]23CC[C@@H]4[C@](C)(C(=O)O)CCC[C@@]4(C)C2=C[C@H](OC)[C@@H]1C3. The van der Waals surface area contributed by atoms with Crippen LogP contribution in [0.2, 0.25) is 0 Å². The number of allylic oxidation sites excluding steroid dienone is 1. The first kappa shape index (κ1) is 16.4. The Bertz CT molecular complexity index is 635. The second-order valence-corrected chi connectivity index (χ2v) is 9.29. The van der Waals surface area contributed by atoms with Gasteiger partial charge in [-0.15, -0.1) is 0 Å². The maximum atomic E-state index is 12.1. The Balaban J connectivity index is 1.83. The highest BCUT2D eigenvalue weighted by Gasteiger charge is 2.63. The van der Waals surface area contributed by atoms with Gasteiger partial charge in [0, 0.05) is 13.0 Å². The second kappa shape index (κ2) is 4.97. The summed E-state index contributed by atoms with van der Waals surface area (Å²) in [6.07, 6.45) is 9.82. The molecule has 0 heterocycles. The Morgan fingerprint density at radius 1 is 1.33 bits per heavy atom. The zero-order chi connectivity index (χ0) is 17.3. The quantitative estimate of drug-likeness (QED) is 0.754. The topological polar surface area (TPSA) is 46.5 Å². The van der Waals surface area contributed by atoms with E-state index in [4.69, 9.17) is 4.74 Å². The summed E-state index contributed by atoms with van der Waals surface area (Å²) in [5.41, 5.74) is 2.49. The predicted molar refractivity (Wildman–Crippen MR) is 93.6 cm³/mol. The standard InChI is InChI=1S/C21H30O3/c1-13-11-21-9-6-16-19(2,7-5-8-20(16,3)18(22)23)17(21)10-15(24-4)14(13)12-21/h10,14-16H,1,5-9,11-12H2,2-4H3,(H,22,23)/t14-,15+,16+,19-,20-,21-/m1/s1. The molecule has 0 unspecified atom stereocenters. The van der Waals surface area contributed by atoms with Gasteiger partial charge in [-0.05, 0) is 62.2 Å². The van der Waals surface area contributed by atoms with E-state index < -0.39 is 11.4 Å². The van der Waals surface area contributed by atoms with Crippen LogP contribution >= 0.6 is 0 Å². The largest absolute Gasteiger partial charge is 0.481 e. The predicted octanol–water partition coefficient (Wildman–Crippen LogP) is 4.59. The number of hydrogen-bond acceptors (Lipinski definition) is 2. The van der Waals surface area contributed by atoms with Crippen LogP contribution in [0.1, 0.15) is 58.8 Å². The fourth-order valence-corrected chi connectivity index (χ4v) is 7.08. The van der Waals surface area contributed by atoms with E-state index in [0.29, 0.717) is 5.92 Å². The molecule has 3 nitrogen and oxygen atoms in total. The fourth-order valence-electron chi connectivity index (χ4n) is 7.08. The molecular formula is C21H30O3. The van der Waals surface area contributed by atoms with Crippen molar-refractivity contribution in [2.24, 2.45) is 28.1 Å². The lowest BCUT2D eigenvalue weighted by Gasteiger charge is -2.60. The minimum atomic E-state index is -0.609. The highest BCUT2D eigenvalue weighted by Crippen LogP contribution is 2.70. The van der Waals surface area contributed by atoms with Crippen molar-refractivity contribution in [3.63, 3.8) is 0 Å². The molecule has 3 saturated carbocycles. The molecule has 0 radical (unpaired) electrons. The minimum Gasteiger partial charge on any atom is -0.481 e. The maximum absolute atomic E-state index is 12.1. The molecule has 4 aliphatic rings. The molecular weight excluding hydrogens is 300 g/mol. The Morgan fingerprint density at radius 2 is 2.08 bits per heavy atom. The molecule has 6 atom stereocenters. The van der Waals surface area contributed by atoms with Crippen molar-refractivity contribution in [2.45, 2.75) is 64.9 Å². The number of rotatable bonds is 2. The molecule has 3 fully saturated rings. The summed E-state index contributed by atoms with van der Waals surface area (Å²) in [7, 11) is 1.80. The van der Waals surface area contributed by atoms with Crippen molar-refractivity contribution < 1.29 is 14.6 Å². The van der Waals surface area contributed by atoms with E-state index in [2.05, 4.69) is 19.6 Å². The second-order valence-electron chi connectivity index (χ2n) is 9.29. The van der Waals surface area contributed by atoms with E-state index in [0.717, 1.165) is 44.9 Å². The third-order valence-electron chi connectivity index (χ3n) is 8.22. The Hall–Kier alpha value is -1.09. The number of carbonyl (C=O) groups is 1. The average Bonchev–Trinajstić information content (AvgIpc) is 2.78. The number of fused-ring (bicyclic) bond motifs is 3. The molecule has 3 heteroatoms. The highest BCUT2D eigenvalue weighted by atomic mass is 16.5. The highest BCUT2D eigenvalue weighted by molar-refractivity contribution is 5.75. The van der Waals surface area contributed by atoms with E-state index in [1.807, 2.05) is 6.92 Å². The Morgan fingerprint density at radius 3 is 2.75 bits per heavy atom. The zero-order valence-corrected chi connectivity index (χ0v) is 15.2. The van der Waals surface area contributed by atoms with E-state index in [1.54, 1.807) is 7.11 Å². The van der Waals surface area contributed by atoms with Crippen LogP contribution in [0, 0.1) is 28.1 Å². The van der Waals surface area contributed by atoms with Gasteiger partial charge in [-0.2, -0.15) is 0 Å². The van der Waals surface area contributed by atoms with Crippen LogP contribution in [0.4, 0.5) is 0 Å². The summed E-state index contributed by atoms with van der Waals surface area (Å²) in [4.78, 5) is 12.1. The summed E-state index contributed by atoms with van der Waals surface area (Å²) in [5.74, 6) is 0.0761. The van der Waals surface area contributed by atoms with Crippen LogP contribution in [-0.4, -0.2) is 24.3 Å². The lowest BCUT2D eigenvalue weighted by atomic mass is 9.44. The molecule has 0 aromatic carbocycles. The number of hydrogen-bond donors (Lipinski definition) is 1. The lowest BCUT2D eigenvalue weighted by Crippen LogP contribution is -2.55. The third kappa shape index (κ3) is 1.85. The first-order valence-corrected chi connectivity index (χ1v) is 9.43. The van der Waals surface area contributed by atoms with Gasteiger partial charge in [0.1, 0.15) is 0 Å². The van der Waals surface area contributed by atoms with Gasteiger partial charge < -0.3 is 9.84 Å². The van der Waals surface area contributed by atoms with E-state index >= 15 is 0 Å². The van der Waals surface area contributed by atoms with Crippen LogP contribution in [0.5, 0.6) is 0 Å². The van der Waals surface area contributed by atoms with Crippen molar-refractivity contribution in [3.8, 4) is 0 Å². The number of carboxylic acids is 1. The lowest BCUT2D eigenvalue weighted by molar-refractivity contribution is -0.161. The zero-order valence-electron chi connectivity index (χ0n) is 15.2. The average molecular weight is 330 g/mol. The normalized spacial score (nSPS) is 50.0. The number of aliphatic carboxylic acids is 1. The van der Waals surface area contributed by atoms with Gasteiger partial charge in [0.25, 0.3) is 0 Å². The van der Waals surface area contributed by atoms with Gasteiger partial charge >= 0.3 is 5.97 Å². The number of ether oxygens (including phenoxy) is 1. The van der Waals surface area contributed by atoms with Crippen LogP contribution in [0.25, 0.3) is 0 Å². The van der Waals surface area contributed by atoms with Crippen molar-refractivity contribution in [3.05, 3.63) is 23.8 Å². The minimum absolute atomic E-state index is 0.00396. The molecule has 1 N–H and O–H groups in total. The van der Waals surface area contributed by atoms with Crippen LogP contribution < -0.4 is 0 Å². The van der Waals surface area contributed by atoms with Crippen LogP contribution in [-0.2, 0) is 9.53 Å². The van der Waals surface area contributed by atoms with Crippen molar-refractivity contribution in [1.29, 1.82) is 0 Å². The fraction of sp³-hybridized carbons (Fsp3) is 0.762. The molecule has 0 saturated heterocycles. The van der Waals surface area contributed by atoms with Gasteiger partial charge in [0.05, 0.1) is 11.5 Å². The number of carboxylic acid groups (broad SMARTS) is 1. The first-order chi connectivity index (χ1) is 11.3. The molecule has 0 aromatic heterocycles. The summed E-state index contributed by atoms with van der Waals surface area (Å²) < 4.78 is 5.81. The van der Waals surface area contributed by atoms with Gasteiger partial charge in [-0.25, -0.2) is 0 Å². The van der Waals surface area contributed by atoms with Gasteiger partial charge in [-0.1, -0.05) is 37.1 Å². The molecule has 1 spiro atoms. The Labute approximate surface area is 145 Å². The monoisotopic (exact) mass is 330 g/mol. The summed E-state index contributed by atoms with van der Waals surface area (Å²) in [6.45, 7) is 8.69. The smallest absolute Gasteiger partial charge is 0.309 e. The third-order valence-corrected chi connectivity index (χ3v) is 8.22. The van der Waals surface area contributed by atoms with E-state index in [-0.39, 0.29) is 22.9 Å². The van der Waals surface area contributed by atoms with Crippen LogP contribution in [0.3, 0.4) is 0 Å².